The number of nitrogens with one attached hydrogen (secondary N) is 1. The zero-order valence-electron chi connectivity index (χ0n) is 12.7. The van der Waals surface area contributed by atoms with E-state index in [0.29, 0.717) is 17.3 Å². The second kappa shape index (κ2) is 5.28. The van der Waals surface area contributed by atoms with Crippen LogP contribution in [-0.2, 0) is 11.3 Å². The third kappa shape index (κ3) is 3.16. The molecule has 1 aliphatic rings. The van der Waals surface area contributed by atoms with Gasteiger partial charge in [-0.1, -0.05) is 0 Å². The Morgan fingerprint density at radius 2 is 2.09 bits per heavy atom. The van der Waals surface area contributed by atoms with Crippen molar-refractivity contribution < 1.29 is 14.3 Å². The highest BCUT2D eigenvalue weighted by Crippen LogP contribution is 2.34. The van der Waals surface area contributed by atoms with E-state index in [-0.39, 0.29) is 24.8 Å². The Kier molecular flexibility index (Phi) is 3.44. The van der Waals surface area contributed by atoms with Crippen molar-refractivity contribution in [2.24, 2.45) is 0 Å². The van der Waals surface area contributed by atoms with Crippen LogP contribution in [-0.4, -0.2) is 38.4 Å². The van der Waals surface area contributed by atoms with Gasteiger partial charge in [0.15, 0.2) is 11.5 Å². The standard InChI is InChI=1S/C14H17N5O3/c1-14(2,3)15-12(20)7-19-17-13(16-18-19)9-4-5-10-11(6-9)22-8-21-10/h4-6H,7-8H2,1-3H3,(H,15,20). The number of hydrogen-bond acceptors (Lipinski definition) is 6. The Balaban J connectivity index is 1.72. The average molecular weight is 303 g/mol. The zero-order valence-corrected chi connectivity index (χ0v) is 12.7. The first-order valence-corrected chi connectivity index (χ1v) is 6.89. The molecule has 8 heteroatoms. The molecule has 0 fully saturated rings. The summed E-state index contributed by atoms with van der Waals surface area (Å²) in [5.41, 5.74) is 0.462. The lowest BCUT2D eigenvalue weighted by Crippen LogP contribution is -2.42. The summed E-state index contributed by atoms with van der Waals surface area (Å²) >= 11 is 0. The molecule has 1 aromatic heterocycles. The summed E-state index contributed by atoms with van der Waals surface area (Å²) in [6, 6.07) is 5.41. The van der Waals surface area contributed by atoms with E-state index in [0.717, 1.165) is 5.56 Å². The maximum atomic E-state index is 11.9. The minimum absolute atomic E-state index is 0.0226. The molecule has 2 heterocycles. The molecule has 0 saturated carbocycles. The number of nitrogens with zero attached hydrogens (tertiary/aromatic N) is 4. The maximum absolute atomic E-state index is 11.9. The third-order valence-electron chi connectivity index (χ3n) is 2.88. The normalized spacial score (nSPS) is 13.2. The van der Waals surface area contributed by atoms with Crippen LogP contribution in [0.15, 0.2) is 18.2 Å². The minimum Gasteiger partial charge on any atom is -0.454 e. The first-order chi connectivity index (χ1) is 10.4. The number of carbonyl (C=O) groups is 1. The summed E-state index contributed by atoms with van der Waals surface area (Å²) in [6.07, 6.45) is 0. The van der Waals surface area contributed by atoms with Crippen LogP contribution >= 0.6 is 0 Å². The van der Waals surface area contributed by atoms with E-state index in [4.69, 9.17) is 9.47 Å². The number of ether oxygens (including phenoxy) is 2. The topological polar surface area (TPSA) is 91.2 Å². The average Bonchev–Trinajstić information content (AvgIpc) is 3.03. The number of aromatic nitrogens is 4. The molecular formula is C14H17N5O3. The molecule has 1 aliphatic heterocycles. The van der Waals surface area contributed by atoms with Crippen LogP contribution in [0.4, 0.5) is 0 Å². The molecular weight excluding hydrogens is 286 g/mol. The summed E-state index contributed by atoms with van der Waals surface area (Å²) in [6.45, 7) is 5.98. The smallest absolute Gasteiger partial charge is 0.244 e. The Morgan fingerprint density at radius 3 is 2.86 bits per heavy atom. The van der Waals surface area contributed by atoms with Crippen LogP contribution in [0.5, 0.6) is 11.5 Å². The van der Waals surface area contributed by atoms with E-state index in [2.05, 4.69) is 20.7 Å². The van der Waals surface area contributed by atoms with Crippen molar-refractivity contribution in [2.45, 2.75) is 32.9 Å². The van der Waals surface area contributed by atoms with Crippen molar-refractivity contribution in [3.63, 3.8) is 0 Å². The number of hydrogen-bond donors (Lipinski definition) is 1. The highest BCUT2D eigenvalue weighted by Gasteiger charge is 2.18. The second-order valence-corrected chi connectivity index (χ2v) is 6.01. The van der Waals surface area contributed by atoms with E-state index >= 15 is 0 Å². The van der Waals surface area contributed by atoms with Gasteiger partial charge in [-0.05, 0) is 44.2 Å². The molecule has 22 heavy (non-hydrogen) atoms. The Bertz CT molecular complexity index is 705. The lowest BCUT2D eigenvalue weighted by atomic mass is 10.1. The Morgan fingerprint density at radius 1 is 1.32 bits per heavy atom. The van der Waals surface area contributed by atoms with Crippen LogP contribution in [0, 0.1) is 0 Å². The van der Waals surface area contributed by atoms with E-state index in [1.165, 1.54) is 4.80 Å². The van der Waals surface area contributed by atoms with Crippen LogP contribution in [0.1, 0.15) is 20.8 Å². The highest BCUT2D eigenvalue weighted by molar-refractivity contribution is 5.76. The molecule has 0 atom stereocenters. The zero-order chi connectivity index (χ0) is 15.7. The summed E-state index contributed by atoms with van der Waals surface area (Å²) in [4.78, 5) is 13.1. The number of rotatable bonds is 3. The molecule has 0 unspecified atom stereocenters. The van der Waals surface area contributed by atoms with Crippen LogP contribution in [0.2, 0.25) is 0 Å². The van der Waals surface area contributed by atoms with Gasteiger partial charge < -0.3 is 14.8 Å². The molecule has 0 saturated heterocycles. The van der Waals surface area contributed by atoms with Crippen molar-refractivity contribution in [3.05, 3.63) is 18.2 Å². The Hall–Kier alpha value is -2.64. The fourth-order valence-corrected chi connectivity index (χ4v) is 2.05. The van der Waals surface area contributed by atoms with Crippen molar-refractivity contribution in [2.75, 3.05) is 6.79 Å². The highest BCUT2D eigenvalue weighted by atomic mass is 16.7. The Labute approximate surface area is 127 Å². The second-order valence-electron chi connectivity index (χ2n) is 6.01. The lowest BCUT2D eigenvalue weighted by Gasteiger charge is -2.19. The maximum Gasteiger partial charge on any atom is 0.244 e. The van der Waals surface area contributed by atoms with E-state index in [9.17, 15) is 4.79 Å². The summed E-state index contributed by atoms with van der Waals surface area (Å²) in [5, 5.41) is 14.9. The quantitative estimate of drug-likeness (QED) is 0.909. The van der Waals surface area contributed by atoms with Gasteiger partial charge in [0.25, 0.3) is 0 Å². The molecule has 8 nitrogen and oxygen atoms in total. The van der Waals surface area contributed by atoms with Crippen LogP contribution in [0.25, 0.3) is 11.4 Å². The van der Waals surface area contributed by atoms with Crippen LogP contribution in [0.3, 0.4) is 0 Å². The van der Waals surface area contributed by atoms with Gasteiger partial charge in [0, 0.05) is 11.1 Å². The van der Waals surface area contributed by atoms with Gasteiger partial charge in [-0.3, -0.25) is 4.79 Å². The molecule has 1 amide bonds. The summed E-state index contributed by atoms with van der Waals surface area (Å²) < 4.78 is 10.6. The van der Waals surface area contributed by atoms with Crippen molar-refractivity contribution in [1.29, 1.82) is 0 Å². The fraction of sp³-hybridized carbons (Fsp3) is 0.429. The molecule has 1 N–H and O–H groups in total. The summed E-state index contributed by atoms with van der Waals surface area (Å²) in [5.74, 6) is 1.61. The number of carbonyl (C=O) groups excluding carboxylic acids is 1. The minimum atomic E-state index is -0.294. The molecule has 0 aliphatic carbocycles. The molecule has 2 aromatic rings. The third-order valence-corrected chi connectivity index (χ3v) is 2.88. The fourth-order valence-electron chi connectivity index (χ4n) is 2.05. The molecule has 0 radical (unpaired) electrons. The molecule has 116 valence electrons. The van der Waals surface area contributed by atoms with E-state index in [1.54, 1.807) is 12.1 Å². The predicted octanol–water partition coefficient (Wildman–Crippen LogP) is 0.983. The van der Waals surface area contributed by atoms with Crippen molar-refractivity contribution in [1.82, 2.24) is 25.5 Å². The van der Waals surface area contributed by atoms with E-state index in [1.807, 2.05) is 26.8 Å². The predicted molar refractivity (Wildman–Crippen MR) is 77.3 cm³/mol. The summed E-state index contributed by atoms with van der Waals surface area (Å²) in [7, 11) is 0. The van der Waals surface area contributed by atoms with Crippen molar-refractivity contribution in [3.8, 4) is 22.9 Å². The van der Waals surface area contributed by atoms with Gasteiger partial charge in [-0.2, -0.15) is 4.80 Å². The van der Waals surface area contributed by atoms with Crippen LogP contribution < -0.4 is 14.8 Å². The lowest BCUT2D eigenvalue weighted by molar-refractivity contribution is -0.123. The number of amides is 1. The monoisotopic (exact) mass is 303 g/mol. The van der Waals surface area contributed by atoms with Gasteiger partial charge >= 0.3 is 0 Å². The number of fused-ring (bicyclic) bond motifs is 1. The first kappa shape index (κ1) is 14.3. The molecule has 0 spiro atoms. The molecule has 3 rings (SSSR count). The van der Waals surface area contributed by atoms with Gasteiger partial charge in [0.2, 0.25) is 18.5 Å². The van der Waals surface area contributed by atoms with E-state index < -0.39 is 0 Å². The van der Waals surface area contributed by atoms with Gasteiger partial charge in [0.1, 0.15) is 6.54 Å². The van der Waals surface area contributed by atoms with Crippen molar-refractivity contribution >= 4 is 5.91 Å². The number of tetrazole rings is 1. The SMILES string of the molecule is CC(C)(C)NC(=O)Cn1nnc(-c2ccc3c(c2)OCO3)n1. The molecule has 1 aromatic carbocycles. The van der Waals surface area contributed by atoms with Gasteiger partial charge in [-0.25, -0.2) is 0 Å². The number of benzene rings is 1. The molecule has 0 bridgehead atoms. The van der Waals surface area contributed by atoms with Gasteiger partial charge in [-0.15, -0.1) is 10.2 Å². The first-order valence-electron chi connectivity index (χ1n) is 6.89. The van der Waals surface area contributed by atoms with Gasteiger partial charge in [0.05, 0.1) is 0 Å². The largest absolute Gasteiger partial charge is 0.454 e.